The molecule has 8 bridgehead atoms. The molecule has 10 saturated carbocycles. The van der Waals surface area contributed by atoms with Crippen LogP contribution in [0.15, 0.2) is 0 Å². The number of halogens is 4. The van der Waals surface area contributed by atoms with Crippen LogP contribution in [0.25, 0.3) is 0 Å². The summed E-state index contributed by atoms with van der Waals surface area (Å²) in [6.07, 6.45) is 2.05. The first-order valence-electron chi connectivity index (χ1n) is 12.9. The highest BCUT2D eigenvalue weighted by Gasteiger charge is 3.14. The van der Waals surface area contributed by atoms with Crippen LogP contribution in [0.4, 0.5) is 17.6 Å². The molecular formula is C26H30F4O4. The highest BCUT2D eigenvalue weighted by Crippen LogP contribution is 3.08. The monoisotopic (exact) mass is 482 g/mol. The Morgan fingerprint density at radius 3 is 1.85 bits per heavy atom. The standard InChI is InChI=1S/C26H30F4O4/c1-18-15-4-12-3-13(5-15)7-20(18,6-12)24(18,16(31)32)25(17(33)34)19(2)21(25)8-14-9-22(27,11-21)26(29,30)23(19,28)10-14/h12-15H,3-11H2,1-2H3,(H,31,32)(H,33,34). The van der Waals surface area contributed by atoms with Crippen LogP contribution in [0.3, 0.4) is 0 Å². The lowest BCUT2D eigenvalue weighted by molar-refractivity contribution is -0.325. The molecule has 0 aromatic heterocycles. The van der Waals surface area contributed by atoms with Crippen molar-refractivity contribution in [3.05, 3.63) is 0 Å². The molecule has 10 fully saturated rings. The Morgan fingerprint density at radius 2 is 1.29 bits per heavy atom. The summed E-state index contributed by atoms with van der Waals surface area (Å²) >= 11 is 0. The average molecular weight is 483 g/mol. The summed E-state index contributed by atoms with van der Waals surface area (Å²) in [6, 6.07) is 0. The van der Waals surface area contributed by atoms with Gasteiger partial charge in [-0.25, -0.2) is 8.78 Å². The highest BCUT2D eigenvalue weighted by molar-refractivity contribution is 5.98. The van der Waals surface area contributed by atoms with Gasteiger partial charge in [-0.15, -0.1) is 0 Å². The van der Waals surface area contributed by atoms with Crippen molar-refractivity contribution in [2.24, 2.45) is 56.2 Å². The Kier molecular flexibility index (Phi) is 2.87. The molecule has 4 nitrogen and oxygen atoms in total. The summed E-state index contributed by atoms with van der Waals surface area (Å²) in [7, 11) is 0. The second-order valence-electron chi connectivity index (χ2n) is 14.1. The van der Waals surface area contributed by atoms with E-state index in [0.717, 1.165) is 19.3 Å². The summed E-state index contributed by atoms with van der Waals surface area (Å²) in [6.45, 7) is 3.12. The number of carboxylic acids is 2. The molecule has 0 aromatic carbocycles. The van der Waals surface area contributed by atoms with Gasteiger partial charge in [0, 0.05) is 10.8 Å². The van der Waals surface area contributed by atoms with E-state index in [9.17, 15) is 19.8 Å². The van der Waals surface area contributed by atoms with E-state index in [1.807, 2.05) is 6.92 Å². The number of carbonyl (C=O) groups is 2. The lowest BCUT2D eigenvalue weighted by Crippen LogP contribution is -2.73. The summed E-state index contributed by atoms with van der Waals surface area (Å²) in [5.74, 6) is -7.24. The fourth-order valence-electron chi connectivity index (χ4n) is 14.1. The van der Waals surface area contributed by atoms with Crippen molar-refractivity contribution >= 4 is 11.9 Å². The minimum atomic E-state index is -4.35. The third-order valence-corrected chi connectivity index (χ3v) is 14.2. The molecule has 10 unspecified atom stereocenters. The van der Waals surface area contributed by atoms with Gasteiger partial charge in [-0.05, 0) is 92.3 Å². The molecule has 10 rings (SSSR count). The van der Waals surface area contributed by atoms with E-state index in [1.54, 1.807) is 0 Å². The molecule has 0 aliphatic heterocycles. The number of carboxylic acid groups (broad SMARTS) is 2. The van der Waals surface area contributed by atoms with Crippen molar-refractivity contribution in [3.8, 4) is 0 Å². The third kappa shape index (κ3) is 1.27. The quantitative estimate of drug-likeness (QED) is 0.539. The van der Waals surface area contributed by atoms with Crippen LogP contribution in [0, 0.1) is 56.2 Å². The number of alkyl halides is 4. The van der Waals surface area contributed by atoms with Gasteiger partial charge < -0.3 is 10.2 Å². The van der Waals surface area contributed by atoms with E-state index in [2.05, 4.69) is 0 Å². The number of aliphatic carboxylic acids is 2. The van der Waals surface area contributed by atoms with Gasteiger partial charge in [-0.1, -0.05) is 13.8 Å². The predicted octanol–water partition coefficient (Wildman–Crippen LogP) is 5.25. The van der Waals surface area contributed by atoms with Crippen molar-refractivity contribution in [2.45, 2.75) is 88.9 Å². The van der Waals surface area contributed by atoms with E-state index < -0.39 is 86.9 Å². The predicted molar refractivity (Wildman–Crippen MR) is 109 cm³/mol. The zero-order chi connectivity index (χ0) is 24.3. The van der Waals surface area contributed by atoms with Gasteiger partial charge in [-0.3, -0.25) is 9.59 Å². The molecule has 0 amide bonds. The fraction of sp³-hybridized carbons (Fsp3) is 0.923. The second kappa shape index (κ2) is 4.69. The Labute approximate surface area is 194 Å². The lowest BCUT2D eigenvalue weighted by atomic mass is 9.48. The zero-order valence-electron chi connectivity index (χ0n) is 19.4. The van der Waals surface area contributed by atoms with Gasteiger partial charge in [0.2, 0.25) is 0 Å². The number of rotatable bonds is 3. The second-order valence-corrected chi connectivity index (χ2v) is 14.1. The van der Waals surface area contributed by atoms with Crippen molar-refractivity contribution in [2.75, 3.05) is 0 Å². The molecule has 34 heavy (non-hydrogen) atoms. The molecule has 0 radical (unpaired) electrons. The maximum atomic E-state index is 17.0. The van der Waals surface area contributed by atoms with Crippen LogP contribution in [-0.2, 0) is 9.59 Å². The molecule has 0 heterocycles. The van der Waals surface area contributed by atoms with Crippen molar-refractivity contribution < 1.29 is 37.4 Å². The highest BCUT2D eigenvalue weighted by atomic mass is 19.3. The van der Waals surface area contributed by atoms with Crippen LogP contribution in [-0.4, -0.2) is 39.4 Å². The number of hydrogen-bond donors (Lipinski definition) is 2. The molecule has 2 spiro atoms. The topological polar surface area (TPSA) is 74.6 Å². The molecule has 10 atom stereocenters. The normalized spacial score (nSPS) is 68.9. The molecular weight excluding hydrogens is 452 g/mol. The molecule has 10 aliphatic rings. The van der Waals surface area contributed by atoms with Gasteiger partial charge in [-0.2, -0.15) is 8.78 Å². The van der Waals surface area contributed by atoms with Crippen LogP contribution in [0.5, 0.6) is 0 Å². The lowest BCUT2D eigenvalue weighted by Gasteiger charge is -2.61. The average Bonchev–Trinajstić information content (AvgIpc) is 3.40. The molecule has 186 valence electrons. The van der Waals surface area contributed by atoms with Crippen molar-refractivity contribution in [1.29, 1.82) is 0 Å². The first-order chi connectivity index (χ1) is 15.6. The van der Waals surface area contributed by atoms with Gasteiger partial charge in [0.15, 0.2) is 11.3 Å². The molecule has 0 aromatic rings. The third-order valence-electron chi connectivity index (χ3n) is 14.2. The van der Waals surface area contributed by atoms with E-state index in [4.69, 9.17) is 0 Å². The molecule has 10 aliphatic carbocycles. The fourth-order valence-corrected chi connectivity index (χ4v) is 14.1. The molecule has 8 heteroatoms. The summed E-state index contributed by atoms with van der Waals surface area (Å²) in [4.78, 5) is 27.1. The van der Waals surface area contributed by atoms with Crippen molar-refractivity contribution in [3.63, 3.8) is 0 Å². The summed E-state index contributed by atoms with van der Waals surface area (Å²) < 4.78 is 64.5. The van der Waals surface area contributed by atoms with E-state index in [0.29, 0.717) is 24.7 Å². The SMILES string of the molecule is CC12C3CC4CC(C3)CC1(C4)C2(C(=O)O)C1(C(=O)O)C23CC4CC(F)(C2)C(F)(F)C(F)(C4)C31C. The Morgan fingerprint density at radius 1 is 0.735 bits per heavy atom. The first kappa shape index (κ1) is 20.8. The van der Waals surface area contributed by atoms with Gasteiger partial charge in [0.1, 0.15) is 5.41 Å². The molecule has 0 saturated heterocycles. The zero-order valence-corrected chi connectivity index (χ0v) is 19.4. The van der Waals surface area contributed by atoms with Crippen LogP contribution in [0.1, 0.15) is 71.6 Å². The minimum absolute atomic E-state index is 0.0153. The smallest absolute Gasteiger partial charge is 0.315 e. The van der Waals surface area contributed by atoms with Gasteiger partial charge >= 0.3 is 17.9 Å². The summed E-state index contributed by atoms with van der Waals surface area (Å²) in [5.41, 5.74) is -16.1. The van der Waals surface area contributed by atoms with Crippen LogP contribution < -0.4 is 0 Å². The molecule has 2 N–H and O–H groups in total. The van der Waals surface area contributed by atoms with Crippen LogP contribution >= 0.6 is 0 Å². The maximum absolute atomic E-state index is 17.0. The Bertz CT molecular complexity index is 1130. The largest absolute Gasteiger partial charge is 0.481 e. The minimum Gasteiger partial charge on any atom is -0.481 e. The number of hydrogen-bond acceptors (Lipinski definition) is 2. The Hall–Kier alpha value is -1.34. The Balaban J connectivity index is 1.47. The summed E-state index contributed by atoms with van der Waals surface area (Å²) in [5, 5.41) is 22.0. The van der Waals surface area contributed by atoms with E-state index in [1.165, 1.54) is 6.92 Å². The first-order valence-corrected chi connectivity index (χ1v) is 12.9. The van der Waals surface area contributed by atoms with Gasteiger partial charge in [0.05, 0.1) is 5.41 Å². The van der Waals surface area contributed by atoms with Crippen molar-refractivity contribution in [1.82, 2.24) is 0 Å². The van der Waals surface area contributed by atoms with Gasteiger partial charge in [0.25, 0.3) is 0 Å². The van der Waals surface area contributed by atoms with E-state index >= 15 is 17.6 Å². The maximum Gasteiger partial charge on any atom is 0.315 e. The van der Waals surface area contributed by atoms with Crippen LogP contribution in [0.2, 0.25) is 0 Å². The van der Waals surface area contributed by atoms with E-state index in [-0.39, 0.29) is 12.3 Å².